The Kier molecular flexibility index (Phi) is 2.37. The molecule has 1 aliphatic rings. The van der Waals surface area contributed by atoms with Crippen molar-refractivity contribution in [2.24, 2.45) is 0 Å². The van der Waals surface area contributed by atoms with E-state index in [1.165, 1.54) is 18.2 Å². The minimum Gasteiger partial charge on any atom is -0.493 e. The quantitative estimate of drug-likeness (QED) is 0.521. The van der Waals surface area contributed by atoms with Crippen LogP contribution in [0.4, 0.5) is 5.69 Å². The van der Waals surface area contributed by atoms with Crippen molar-refractivity contribution in [3.63, 3.8) is 0 Å². The van der Waals surface area contributed by atoms with Crippen LogP contribution in [0.1, 0.15) is 23.2 Å². The van der Waals surface area contributed by atoms with Crippen LogP contribution in [0.25, 0.3) is 0 Å². The Balaban J connectivity index is 2.47. The molecule has 0 unspecified atom stereocenters. The van der Waals surface area contributed by atoms with E-state index in [2.05, 4.69) is 0 Å². The number of non-ortho nitro benzene ring substituents is 1. The minimum atomic E-state index is -0.501. The van der Waals surface area contributed by atoms with E-state index in [0.29, 0.717) is 30.8 Å². The zero-order chi connectivity index (χ0) is 10.8. The Morgan fingerprint density at radius 2 is 2.20 bits per heavy atom. The van der Waals surface area contributed by atoms with Crippen LogP contribution in [-0.4, -0.2) is 17.3 Å². The van der Waals surface area contributed by atoms with E-state index < -0.39 is 4.92 Å². The van der Waals surface area contributed by atoms with Gasteiger partial charge < -0.3 is 4.74 Å². The van der Waals surface area contributed by atoms with Crippen LogP contribution in [0.15, 0.2) is 18.2 Å². The van der Waals surface area contributed by atoms with Gasteiger partial charge in [-0.25, -0.2) is 0 Å². The highest BCUT2D eigenvalue weighted by molar-refractivity contribution is 5.99. The van der Waals surface area contributed by atoms with Crippen molar-refractivity contribution >= 4 is 11.5 Å². The van der Waals surface area contributed by atoms with Gasteiger partial charge in [0.05, 0.1) is 23.2 Å². The summed E-state index contributed by atoms with van der Waals surface area (Å²) in [5.74, 6) is 0.309. The lowest BCUT2D eigenvalue weighted by Crippen LogP contribution is -1.98. The Labute approximate surface area is 85.8 Å². The van der Waals surface area contributed by atoms with Crippen LogP contribution in [-0.2, 0) is 0 Å². The standard InChI is InChI=1S/C10H9NO4/c12-9-2-1-5-15-10-6-7(11(13)14)3-4-8(9)10/h3-4,6H,1-2,5H2. The lowest BCUT2D eigenvalue weighted by molar-refractivity contribution is -0.384. The molecule has 1 aromatic rings. The highest BCUT2D eigenvalue weighted by atomic mass is 16.6. The third-order valence-electron chi connectivity index (χ3n) is 2.28. The normalized spacial score (nSPS) is 15.1. The number of ether oxygens (including phenoxy) is 1. The van der Waals surface area contributed by atoms with E-state index in [1.54, 1.807) is 0 Å². The molecule has 5 heteroatoms. The summed E-state index contributed by atoms with van der Waals surface area (Å²) in [6.45, 7) is 0.430. The number of nitrogens with zero attached hydrogens (tertiary/aromatic N) is 1. The number of nitro benzene ring substituents is 1. The highest BCUT2D eigenvalue weighted by Gasteiger charge is 2.19. The van der Waals surface area contributed by atoms with Crippen molar-refractivity contribution in [2.45, 2.75) is 12.8 Å². The average Bonchev–Trinajstić information content (AvgIpc) is 2.40. The number of hydrogen-bond acceptors (Lipinski definition) is 4. The number of Topliss-reactive ketones (excluding diaryl/α,β-unsaturated/α-hetero) is 1. The Morgan fingerprint density at radius 3 is 2.93 bits per heavy atom. The molecule has 5 nitrogen and oxygen atoms in total. The van der Waals surface area contributed by atoms with Crippen molar-refractivity contribution in [2.75, 3.05) is 6.61 Å². The number of ketones is 1. The first-order chi connectivity index (χ1) is 7.18. The third-order valence-corrected chi connectivity index (χ3v) is 2.28. The average molecular weight is 207 g/mol. The maximum atomic E-state index is 11.5. The minimum absolute atomic E-state index is 0.0163. The lowest BCUT2D eigenvalue weighted by Gasteiger charge is -2.04. The smallest absolute Gasteiger partial charge is 0.273 e. The molecule has 0 bridgehead atoms. The first-order valence-corrected chi connectivity index (χ1v) is 4.63. The number of benzene rings is 1. The summed E-state index contributed by atoms with van der Waals surface area (Å²) in [6.07, 6.45) is 1.09. The molecule has 0 spiro atoms. The Hall–Kier alpha value is -1.91. The molecule has 0 fully saturated rings. The molecule has 0 aliphatic carbocycles. The number of carbonyl (C=O) groups is 1. The molecule has 1 aliphatic heterocycles. The van der Waals surface area contributed by atoms with Crippen molar-refractivity contribution in [3.05, 3.63) is 33.9 Å². The van der Waals surface area contributed by atoms with E-state index in [9.17, 15) is 14.9 Å². The van der Waals surface area contributed by atoms with E-state index in [0.717, 1.165) is 0 Å². The van der Waals surface area contributed by atoms with Gasteiger partial charge in [-0.1, -0.05) is 0 Å². The molecule has 0 amide bonds. The molecule has 1 aromatic carbocycles. The van der Waals surface area contributed by atoms with Gasteiger partial charge in [0.25, 0.3) is 5.69 Å². The van der Waals surface area contributed by atoms with Crippen molar-refractivity contribution < 1.29 is 14.5 Å². The van der Waals surface area contributed by atoms with Gasteiger partial charge in [0.15, 0.2) is 5.78 Å². The SMILES string of the molecule is O=C1CCCOc2cc([N+](=O)[O-])ccc21. The summed E-state index contributed by atoms with van der Waals surface area (Å²) in [4.78, 5) is 21.6. The maximum Gasteiger partial charge on any atom is 0.273 e. The first kappa shape index (κ1) is 9.64. The number of rotatable bonds is 1. The first-order valence-electron chi connectivity index (χ1n) is 4.63. The van der Waals surface area contributed by atoms with E-state index in [1.807, 2.05) is 0 Å². The molecule has 2 rings (SSSR count). The van der Waals surface area contributed by atoms with Gasteiger partial charge in [0.1, 0.15) is 5.75 Å². The van der Waals surface area contributed by atoms with Gasteiger partial charge in [0, 0.05) is 12.5 Å². The molecule has 0 N–H and O–H groups in total. The predicted octanol–water partition coefficient (Wildman–Crippen LogP) is 1.95. The second-order valence-electron chi connectivity index (χ2n) is 3.31. The third kappa shape index (κ3) is 1.81. The van der Waals surface area contributed by atoms with Crippen molar-refractivity contribution in [3.8, 4) is 5.75 Å². The fourth-order valence-electron chi connectivity index (χ4n) is 1.52. The number of fused-ring (bicyclic) bond motifs is 1. The molecule has 0 aromatic heterocycles. The summed E-state index contributed by atoms with van der Waals surface area (Å²) in [7, 11) is 0. The summed E-state index contributed by atoms with van der Waals surface area (Å²) in [5, 5.41) is 10.5. The molecule has 78 valence electrons. The summed E-state index contributed by atoms with van der Waals surface area (Å²) >= 11 is 0. The number of carbonyl (C=O) groups excluding carboxylic acids is 1. The topological polar surface area (TPSA) is 69.4 Å². The molecule has 0 saturated heterocycles. The Bertz CT molecular complexity index is 427. The zero-order valence-electron chi connectivity index (χ0n) is 7.93. The maximum absolute atomic E-state index is 11.5. The fraction of sp³-hybridized carbons (Fsp3) is 0.300. The van der Waals surface area contributed by atoms with Gasteiger partial charge in [0.2, 0.25) is 0 Å². The molecule has 1 heterocycles. The van der Waals surface area contributed by atoms with Crippen molar-refractivity contribution in [1.29, 1.82) is 0 Å². The highest BCUT2D eigenvalue weighted by Crippen LogP contribution is 2.28. The Morgan fingerprint density at radius 1 is 1.40 bits per heavy atom. The van der Waals surface area contributed by atoms with Crippen molar-refractivity contribution in [1.82, 2.24) is 0 Å². The fourth-order valence-corrected chi connectivity index (χ4v) is 1.52. The second kappa shape index (κ2) is 3.68. The zero-order valence-corrected chi connectivity index (χ0v) is 7.93. The van der Waals surface area contributed by atoms with Crippen LogP contribution < -0.4 is 4.74 Å². The summed E-state index contributed by atoms with van der Waals surface area (Å²) < 4.78 is 5.28. The molecule has 0 radical (unpaired) electrons. The summed E-state index contributed by atoms with van der Waals surface area (Å²) in [5.41, 5.74) is 0.390. The van der Waals surface area contributed by atoms with Crippen LogP contribution in [0.5, 0.6) is 5.75 Å². The van der Waals surface area contributed by atoms with E-state index >= 15 is 0 Å². The largest absolute Gasteiger partial charge is 0.493 e. The van der Waals surface area contributed by atoms with Crippen LogP contribution in [0.3, 0.4) is 0 Å². The lowest BCUT2D eigenvalue weighted by atomic mass is 10.1. The number of nitro groups is 1. The van der Waals surface area contributed by atoms with Gasteiger partial charge in [-0.2, -0.15) is 0 Å². The van der Waals surface area contributed by atoms with Gasteiger partial charge in [-0.05, 0) is 12.5 Å². The van der Waals surface area contributed by atoms with Gasteiger partial charge in [-0.15, -0.1) is 0 Å². The number of hydrogen-bond donors (Lipinski definition) is 0. The van der Waals surface area contributed by atoms with Gasteiger partial charge >= 0.3 is 0 Å². The second-order valence-corrected chi connectivity index (χ2v) is 3.31. The predicted molar refractivity (Wildman–Crippen MR) is 52.2 cm³/mol. The molecular formula is C10H9NO4. The van der Waals surface area contributed by atoms with E-state index in [4.69, 9.17) is 4.74 Å². The van der Waals surface area contributed by atoms with E-state index in [-0.39, 0.29) is 11.5 Å². The van der Waals surface area contributed by atoms with Crippen LogP contribution in [0.2, 0.25) is 0 Å². The molecular weight excluding hydrogens is 198 g/mol. The molecule has 15 heavy (non-hydrogen) atoms. The van der Waals surface area contributed by atoms with Crippen LogP contribution in [0, 0.1) is 10.1 Å². The molecule has 0 saturated carbocycles. The van der Waals surface area contributed by atoms with Crippen LogP contribution >= 0.6 is 0 Å². The monoisotopic (exact) mass is 207 g/mol. The summed E-state index contributed by atoms with van der Waals surface area (Å²) in [6, 6.07) is 4.09. The molecule has 0 atom stereocenters. The van der Waals surface area contributed by atoms with Gasteiger partial charge in [-0.3, -0.25) is 14.9 Å².